The van der Waals surface area contributed by atoms with E-state index in [1.165, 1.54) is 6.20 Å². The highest BCUT2D eigenvalue weighted by Gasteiger charge is 2.29. The van der Waals surface area contributed by atoms with Gasteiger partial charge < -0.3 is 14.2 Å². The summed E-state index contributed by atoms with van der Waals surface area (Å²) < 4.78 is 7.72. The number of aromatic nitrogens is 4. The van der Waals surface area contributed by atoms with E-state index in [4.69, 9.17) is 4.74 Å². The van der Waals surface area contributed by atoms with Crippen LogP contribution in [0.4, 0.5) is 0 Å². The zero-order valence-corrected chi connectivity index (χ0v) is 13.0. The Bertz CT molecular complexity index is 680. The Morgan fingerprint density at radius 1 is 1.27 bits per heavy atom. The zero-order valence-electron chi connectivity index (χ0n) is 13.0. The quantitative estimate of drug-likeness (QED) is 0.828. The Hall–Kier alpha value is -2.28. The lowest BCUT2D eigenvalue weighted by Crippen LogP contribution is -2.43. The Morgan fingerprint density at radius 3 is 2.73 bits per heavy atom. The van der Waals surface area contributed by atoms with Gasteiger partial charge >= 0.3 is 0 Å². The number of ether oxygens (including phenoxy) is 1. The standard InChI is InChI=1S/C15H19N5O2/c1-10-6-17-12(7-16-10)15(21)20-4-5-22-13(9-20)14-18-11(2)8-19(14)3/h6-8,13H,4-5,9H2,1-3H3/t13-/m1/s1. The molecular weight excluding hydrogens is 282 g/mol. The lowest BCUT2D eigenvalue weighted by atomic mass is 10.2. The van der Waals surface area contributed by atoms with E-state index in [1.54, 1.807) is 11.1 Å². The minimum atomic E-state index is -0.213. The van der Waals surface area contributed by atoms with E-state index in [0.717, 1.165) is 17.2 Å². The maximum atomic E-state index is 12.5. The smallest absolute Gasteiger partial charge is 0.274 e. The van der Waals surface area contributed by atoms with E-state index in [9.17, 15) is 4.79 Å². The monoisotopic (exact) mass is 301 g/mol. The third-order valence-corrected chi connectivity index (χ3v) is 3.67. The van der Waals surface area contributed by atoms with Gasteiger partial charge in [0, 0.05) is 26.0 Å². The maximum absolute atomic E-state index is 12.5. The molecule has 3 rings (SSSR count). The maximum Gasteiger partial charge on any atom is 0.274 e. The molecule has 0 N–H and O–H groups in total. The Labute approximate surface area is 129 Å². The minimum Gasteiger partial charge on any atom is -0.367 e. The Morgan fingerprint density at radius 2 is 2.09 bits per heavy atom. The second kappa shape index (κ2) is 5.84. The van der Waals surface area contributed by atoms with Crippen LogP contribution in [0, 0.1) is 13.8 Å². The van der Waals surface area contributed by atoms with Gasteiger partial charge in [0.05, 0.1) is 30.7 Å². The summed E-state index contributed by atoms with van der Waals surface area (Å²) in [6.07, 6.45) is 4.86. The van der Waals surface area contributed by atoms with E-state index >= 15 is 0 Å². The van der Waals surface area contributed by atoms with Crippen molar-refractivity contribution in [2.24, 2.45) is 7.05 Å². The molecule has 0 saturated carbocycles. The molecule has 2 aromatic heterocycles. The summed E-state index contributed by atoms with van der Waals surface area (Å²) in [4.78, 5) is 27.0. The number of carbonyl (C=O) groups is 1. The van der Waals surface area contributed by atoms with Gasteiger partial charge in [0.1, 0.15) is 17.6 Å². The topological polar surface area (TPSA) is 73.1 Å². The van der Waals surface area contributed by atoms with Crippen molar-refractivity contribution in [1.82, 2.24) is 24.4 Å². The molecular formula is C15H19N5O2. The fourth-order valence-corrected chi connectivity index (χ4v) is 2.59. The van der Waals surface area contributed by atoms with Crippen LogP contribution >= 0.6 is 0 Å². The summed E-state index contributed by atoms with van der Waals surface area (Å²) in [6.45, 7) is 5.29. The number of nitrogens with zero attached hydrogens (tertiary/aromatic N) is 5. The number of imidazole rings is 1. The van der Waals surface area contributed by atoms with Crippen molar-refractivity contribution in [3.8, 4) is 0 Å². The van der Waals surface area contributed by atoms with E-state index in [1.807, 2.05) is 31.7 Å². The molecule has 0 radical (unpaired) electrons. The number of morpholine rings is 1. The van der Waals surface area contributed by atoms with Gasteiger partial charge in [-0.05, 0) is 13.8 Å². The van der Waals surface area contributed by atoms with Crippen LogP contribution in [0.5, 0.6) is 0 Å². The molecule has 0 bridgehead atoms. The van der Waals surface area contributed by atoms with Crippen molar-refractivity contribution in [1.29, 1.82) is 0 Å². The van der Waals surface area contributed by atoms with Crippen LogP contribution in [0.15, 0.2) is 18.6 Å². The highest BCUT2D eigenvalue weighted by Crippen LogP contribution is 2.22. The number of hydrogen-bond donors (Lipinski definition) is 0. The van der Waals surface area contributed by atoms with Crippen molar-refractivity contribution in [2.75, 3.05) is 19.7 Å². The van der Waals surface area contributed by atoms with Crippen LogP contribution in [-0.2, 0) is 11.8 Å². The first kappa shape index (κ1) is 14.6. The number of hydrogen-bond acceptors (Lipinski definition) is 5. The summed E-state index contributed by atoms with van der Waals surface area (Å²) in [7, 11) is 1.94. The van der Waals surface area contributed by atoms with Gasteiger partial charge in [0.2, 0.25) is 0 Å². The highest BCUT2D eigenvalue weighted by atomic mass is 16.5. The van der Waals surface area contributed by atoms with Gasteiger partial charge in [-0.15, -0.1) is 0 Å². The first-order chi connectivity index (χ1) is 10.5. The molecule has 0 aliphatic carbocycles. The van der Waals surface area contributed by atoms with Crippen LogP contribution in [0.1, 0.15) is 33.8 Å². The molecule has 22 heavy (non-hydrogen) atoms. The van der Waals surface area contributed by atoms with Crippen LogP contribution in [-0.4, -0.2) is 50.0 Å². The lowest BCUT2D eigenvalue weighted by Gasteiger charge is -2.32. The minimum absolute atomic E-state index is 0.119. The van der Waals surface area contributed by atoms with E-state index < -0.39 is 0 Å². The predicted molar refractivity (Wildman–Crippen MR) is 79.3 cm³/mol. The third kappa shape index (κ3) is 2.85. The molecule has 0 unspecified atom stereocenters. The molecule has 0 spiro atoms. The van der Waals surface area contributed by atoms with Gasteiger partial charge in [0.25, 0.3) is 5.91 Å². The Balaban J connectivity index is 1.76. The summed E-state index contributed by atoms with van der Waals surface area (Å²) >= 11 is 0. The molecule has 0 aromatic carbocycles. The number of amides is 1. The van der Waals surface area contributed by atoms with Gasteiger partial charge in [-0.3, -0.25) is 9.78 Å². The van der Waals surface area contributed by atoms with Crippen LogP contribution < -0.4 is 0 Å². The molecule has 1 atom stereocenters. The van der Waals surface area contributed by atoms with Crippen LogP contribution in [0.2, 0.25) is 0 Å². The SMILES string of the molecule is Cc1cnc(C(=O)N2CCO[C@@H](c3nc(C)cn3C)C2)cn1. The largest absolute Gasteiger partial charge is 0.367 e. The molecule has 1 amide bonds. The van der Waals surface area contributed by atoms with Gasteiger partial charge in [-0.1, -0.05) is 0 Å². The fourth-order valence-electron chi connectivity index (χ4n) is 2.59. The summed E-state index contributed by atoms with van der Waals surface area (Å²) in [5.41, 5.74) is 2.09. The highest BCUT2D eigenvalue weighted by molar-refractivity contribution is 5.92. The number of carbonyl (C=O) groups excluding carboxylic acids is 1. The molecule has 116 valence electrons. The molecule has 7 nitrogen and oxygen atoms in total. The molecule has 1 saturated heterocycles. The number of aryl methyl sites for hydroxylation is 3. The molecule has 1 aliphatic rings. The van der Waals surface area contributed by atoms with Crippen LogP contribution in [0.3, 0.4) is 0 Å². The Kier molecular flexibility index (Phi) is 3.89. The lowest BCUT2D eigenvalue weighted by molar-refractivity contribution is -0.0281. The molecule has 2 aromatic rings. The van der Waals surface area contributed by atoms with Crippen molar-refractivity contribution in [3.05, 3.63) is 41.5 Å². The third-order valence-electron chi connectivity index (χ3n) is 3.67. The van der Waals surface area contributed by atoms with Gasteiger partial charge in [-0.2, -0.15) is 0 Å². The molecule has 1 aliphatic heterocycles. The summed E-state index contributed by atoms with van der Waals surface area (Å²) in [5, 5.41) is 0. The first-order valence-electron chi connectivity index (χ1n) is 7.24. The van der Waals surface area contributed by atoms with Crippen molar-refractivity contribution in [3.63, 3.8) is 0 Å². The average molecular weight is 301 g/mol. The van der Waals surface area contributed by atoms with E-state index in [2.05, 4.69) is 15.0 Å². The van der Waals surface area contributed by atoms with E-state index in [0.29, 0.717) is 25.4 Å². The molecule has 1 fully saturated rings. The summed E-state index contributed by atoms with van der Waals surface area (Å²) in [5.74, 6) is 0.719. The average Bonchev–Trinajstić information content (AvgIpc) is 2.86. The fraction of sp³-hybridized carbons (Fsp3) is 0.467. The first-order valence-corrected chi connectivity index (χ1v) is 7.24. The predicted octanol–water partition coefficient (Wildman–Crippen LogP) is 1.04. The second-order valence-electron chi connectivity index (χ2n) is 5.51. The van der Waals surface area contributed by atoms with Crippen molar-refractivity contribution < 1.29 is 9.53 Å². The van der Waals surface area contributed by atoms with Gasteiger partial charge in [0.15, 0.2) is 0 Å². The van der Waals surface area contributed by atoms with Gasteiger partial charge in [-0.25, -0.2) is 9.97 Å². The number of rotatable bonds is 2. The summed E-state index contributed by atoms with van der Waals surface area (Å²) in [6, 6.07) is 0. The molecule has 3 heterocycles. The normalized spacial score (nSPS) is 18.5. The second-order valence-corrected chi connectivity index (χ2v) is 5.51. The molecule has 7 heteroatoms. The van der Waals surface area contributed by atoms with Crippen LogP contribution in [0.25, 0.3) is 0 Å². The van der Waals surface area contributed by atoms with Crippen molar-refractivity contribution >= 4 is 5.91 Å². The van der Waals surface area contributed by atoms with Crippen molar-refractivity contribution in [2.45, 2.75) is 20.0 Å². The zero-order chi connectivity index (χ0) is 15.7. The van der Waals surface area contributed by atoms with E-state index in [-0.39, 0.29) is 12.0 Å².